The van der Waals surface area contributed by atoms with Crippen molar-refractivity contribution in [3.05, 3.63) is 64.2 Å². The number of ether oxygens (including phenoxy) is 1. The normalized spacial score (nSPS) is 9.91. The quantitative estimate of drug-likeness (QED) is 0.620. The van der Waals surface area contributed by atoms with Gasteiger partial charge in [0.1, 0.15) is 5.75 Å². The molecule has 0 heterocycles. The van der Waals surface area contributed by atoms with Gasteiger partial charge in [-0.2, -0.15) is 0 Å². The predicted molar refractivity (Wildman–Crippen MR) is 82.2 cm³/mol. The lowest BCUT2D eigenvalue weighted by molar-refractivity contribution is -0.384. The Labute approximate surface area is 131 Å². The van der Waals surface area contributed by atoms with E-state index in [-0.39, 0.29) is 12.3 Å². The topological polar surface area (TPSA) is 125 Å². The van der Waals surface area contributed by atoms with E-state index in [2.05, 4.69) is 5.32 Å². The number of hydrogen-bond donors (Lipinski definition) is 2. The maximum Gasteiger partial charge on any atom is 0.269 e. The number of amides is 2. The third kappa shape index (κ3) is 4.53. The summed E-state index contributed by atoms with van der Waals surface area (Å²) in [6.07, 6.45) is 0. The SMILES string of the molecule is NC(=O)c1ccc(NC(=O)COc2ccc([N+](=O)[O-])cc2)cc1. The monoisotopic (exact) mass is 315 g/mol. The van der Waals surface area contributed by atoms with Crippen LogP contribution in [0.5, 0.6) is 5.75 Å². The summed E-state index contributed by atoms with van der Waals surface area (Å²) in [6.45, 7) is -0.255. The van der Waals surface area contributed by atoms with Gasteiger partial charge in [-0.3, -0.25) is 19.7 Å². The summed E-state index contributed by atoms with van der Waals surface area (Å²) >= 11 is 0. The Bertz CT molecular complexity index is 726. The molecule has 23 heavy (non-hydrogen) atoms. The fraction of sp³-hybridized carbons (Fsp3) is 0.0667. The lowest BCUT2D eigenvalue weighted by atomic mass is 10.2. The first-order chi connectivity index (χ1) is 11.0. The van der Waals surface area contributed by atoms with Crippen LogP contribution in [0.25, 0.3) is 0 Å². The first-order valence-corrected chi connectivity index (χ1v) is 6.52. The number of carbonyl (C=O) groups is 2. The van der Waals surface area contributed by atoms with Gasteiger partial charge in [-0.05, 0) is 36.4 Å². The minimum absolute atomic E-state index is 0.0589. The Hall–Kier alpha value is -3.42. The summed E-state index contributed by atoms with van der Waals surface area (Å²) in [5, 5.41) is 13.1. The van der Waals surface area contributed by atoms with Gasteiger partial charge in [-0.15, -0.1) is 0 Å². The molecule has 2 amide bonds. The van der Waals surface area contributed by atoms with Crippen LogP contribution in [0.15, 0.2) is 48.5 Å². The molecular weight excluding hydrogens is 302 g/mol. The number of rotatable bonds is 6. The summed E-state index contributed by atoms with van der Waals surface area (Å²) in [6, 6.07) is 11.5. The summed E-state index contributed by atoms with van der Waals surface area (Å²) in [7, 11) is 0. The molecule has 3 N–H and O–H groups in total. The van der Waals surface area contributed by atoms with Crippen molar-refractivity contribution in [2.75, 3.05) is 11.9 Å². The first-order valence-electron chi connectivity index (χ1n) is 6.52. The van der Waals surface area contributed by atoms with Crippen molar-refractivity contribution in [1.82, 2.24) is 0 Å². The van der Waals surface area contributed by atoms with Crippen LogP contribution in [0, 0.1) is 10.1 Å². The van der Waals surface area contributed by atoms with E-state index in [1.807, 2.05) is 0 Å². The molecule has 0 aromatic heterocycles. The zero-order valence-electron chi connectivity index (χ0n) is 11.9. The second-order valence-corrected chi connectivity index (χ2v) is 4.53. The molecule has 0 saturated carbocycles. The highest BCUT2D eigenvalue weighted by Crippen LogP contribution is 2.17. The standard InChI is InChI=1S/C15H13N3O5/c16-15(20)10-1-3-11(4-2-10)17-14(19)9-23-13-7-5-12(6-8-13)18(21)22/h1-8H,9H2,(H2,16,20)(H,17,19). The predicted octanol–water partition coefficient (Wildman–Crippen LogP) is 1.71. The van der Waals surface area contributed by atoms with Gasteiger partial charge in [0, 0.05) is 23.4 Å². The minimum Gasteiger partial charge on any atom is -0.484 e. The van der Waals surface area contributed by atoms with Gasteiger partial charge >= 0.3 is 0 Å². The average molecular weight is 315 g/mol. The lowest BCUT2D eigenvalue weighted by Crippen LogP contribution is -2.20. The Kier molecular flexibility index (Phi) is 4.88. The van der Waals surface area contributed by atoms with Gasteiger partial charge in [0.05, 0.1) is 4.92 Å². The highest BCUT2D eigenvalue weighted by molar-refractivity contribution is 5.95. The average Bonchev–Trinajstić information content (AvgIpc) is 2.54. The second kappa shape index (κ2) is 7.03. The van der Waals surface area contributed by atoms with Crippen LogP contribution in [0.3, 0.4) is 0 Å². The molecule has 0 bridgehead atoms. The Balaban J connectivity index is 1.87. The largest absolute Gasteiger partial charge is 0.484 e. The smallest absolute Gasteiger partial charge is 0.269 e. The van der Waals surface area contributed by atoms with E-state index < -0.39 is 16.7 Å². The highest BCUT2D eigenvalue weighted by Gasteiger charge is 2.07. The van der Waals surface area contributed by atoms with E-state index in [9.17, 15) is 19.7 Å². The lowest BCUT2D eigenvalue weighted by Gasteiger charge is -2.07. The van der Waals surface area contributed by atoms with Crippen molar-refractivity contribution < 1.29 is 19.2 Å². The maximum absolute atomic E-state index is 11.7. The van der Waals surface area contributed by atoms with Crippen molar-refractivity contribution in [1.29, 1.82) is 0 Å². The number of primary amides is 1. The Morgan fingerprint density at radius 2 is 1.70 bits per heavy atom. The number of non-ortho nitro benzene ring substituents is 1. The van der Waals surface area contributed by atoms with E-state index in [4.69, 9.17) is 10.5 Å². The molecule has 0 spiro atoms. The molecular formula is C15H13N3O5. The van der Waals surface area contributed by atoms with Crippen LogP contribution in [0.2, 0.25) is 0 Å². The number of carbonyl (C=O) groups excluding carboxylic acids is 2. The molecule has 0 atom stereocenters. The number of nitro groups is 1. The van der Waals surface area contributed by atoms with Gasteiger partial charge in [-0.1, -0.05) is 0 Å². The van der Waals surface area contributed by atoms with Crippen LogP contribution in [0.4, 0.5) is 11.4 Å². The van der Waals surface area contributed by atoms with E-state index in [0.29, 0.717) is 17.0 Å². The number of nitrogens with zero attached hydrogens (tertiary/aromatic N) is 1. The van der Waals surface area contributed by atoms with Crippen LogP contribution < -0.4 is 15.8 Å². The summed E-state index contributed by atoms with van der Waals surface area (Å²) < 4.78 is 5.23. The van der Waals surface area contributed by atoms with E-state index in [1.54, 1.807) is 12.1 Å². The van der Waals surface area contributed by atoms with Crippen LogP contribution in [0.1, 0.15) is 10.4 Å². The van der Waals surface area contributed by atoms with E-state index in [1.165, 1.54) is 36.4 Å². The third-order valence-electron chi connectivity index (χ3n) is 2.87. The number of benzene rings is 2. The van der Waals surface area contributed by atoms with Crippen molar-refractivity contribution >= 4 is 23.2 Å². The first kappa shape index (κ1) is 16.0. The molecule has 118 valence electrons. The Morgan fingerprint density at radius 3 is 2.22 bits per heavy atom. The van der Waals surface area contributed by atoms with Gasteiger partial charge < -0.3 is 15.8 Å². The molecule has 0 radical (unpaired) electrons. The number of nitro benzene ring substituents is 1. The van der Waals surface area contributed by atoms with E-state index in [0.717, 1.165) is 0 Å². The van der Waals surface area contributed by atoms with Gasteiger partial charge in [-0.25, -0.2) is 0 Å². The molecule has 0 saturated heterocycles. The summed E-state index contributed by atoms with van der Waals surface area (Å²) in [5.74, 6) is -0.616. The van der Waals surface area contributed by atoms with Crippen molar-refractivity contribution in [2.45, 2.75) is 0 Å². The molecule has 0 aliphatic carbocycles. The van der Waals surface area contributed by atoms with Crippen LogP contribution >= 0.6 is 0 Å². The molecule has 8 heteroatoms. The van der Waals surface area contributed by atoms with Crippen LogP contribution in [-0.2, 0) is 4.79 Å². The number of hydrogen-bond acceptors (Lipinski definition) is 5. The number of nitrogens with two attached hydrogens (primary N) is 1. The third-order valence-corrected chi connectivity index (χ3v) is 2.87. The molecule has 0 aliphatic rings. The van der Waals surface area contributed by atoms with Gasteiger partial charge in [0.2, 0.25) is 5.91 Å². The Morgan fingerprint density at radius 1 is 1.09 bits per heavy atom. The number of nitrogens with one attached hydrogen (secondary N) is 1. The highest BCUT2D eigenvalue weighted by atomic mass is 16.6. The van der Waals surface area contributed by atoms with Gasteiger partial charge in [0.15, 0.2) is 6.61 Å². The van der Waals surface area contributed by atoms with Gasteiger partial charge in [0.25, 0.3) is 11.6 Å². The minimum atomic E-state index is -0.551. The molecule has 2 rings (SSSR count). The summed E-state index contributed by atoms with van der Waals surface area (Å²) in [5.41, 5.74) is 5.89. The van der Waals surface area contributed by atoms with Crippen LogP contribution in [-0.4, -0.2) is 23.3 Å². The molecule has 2 aromatic carbocycles. The molecule has 0 aliphatic heterocycles. The van der Waals surface area contributed by atoms with Crippen molar-refractivity contribution in [3.63, 3.8) is 0 Å². The second-order valence-electron chi connectivity index (χ2n) is 4.53. The van der Waals surface area contributed by atoms with Crippen molar-refractivity contribution in [2.24, 2.45) is 5.73 Å². The maximum atomic E-state index is 11.7. The molecule has 8 nitrogen and oxygen atoms in total. The molecule has 2 aromatic rings. The summed E-state index contributed by atoms with van der Waals surface area (Å²) in [4.78, 5) is 32.7. The zero-order valence-corrected chi connectivity index (χ0v) is 11.9. The zero-order chi connectivity index (χ0) is 16.8. The molecule has 0 unspecified atom stereocenters. The van der Waals surface area contributed by atoms with Crippen molar-refractivity contribution in [3.8, 4) is 5.75 Å². The molecule has 0 fully saturated rings. The number of anilines is 1. The fourth-order valence-electron chi connectivity index (χ4n) is 1.73. The van der Waals surface area contributed by atoms with E-state index >= 15 is 0 Å². The fourth-order valence-corrected chi connectivity index (χ4v) is 1.73.